The number of halogens is 2. The van der Waals surface area contributed by atoms with Crippen LogP contribution < -0.4 is 5.32 Å². The largest absolute Gasteiger partial charge is 0.452 e. The Morgan fingerprint density at radius 2 is 2.00 bits per heavy atom. The Kier molecular flexibility index (Phi) is 5.04. The minimum Gasteiger partial charge on any atom is -0.452 e. The third kappa shape index (κ3) is 3.87. The second-order valence-corrected chi connectivity index (χ2v) is 6.22. The van der Waals surface area contributed by atoms with Gasteiger partial charge in [-0.1, -0.05) is 0 Å². The maximum Gasteiger partial charge on any atom is 0.183 e. The molecule has 1 aromatic heterocycles. The summed E-state index contributed by atoms with van der Waals surface area (Å²) in [5, 5.41) is 3.39. The number of likely N-dealkylation sites (N-methyl/N-ethyl adjacent to an activating group) is 1. The Labute approximate surface area is 114 Å². The Morgan fingerprint density at radius 1 is 1.38 bits per heavy atom. The van der Waals surface area contributed by atoms with Crippen LogP contribution in [0.5, 0.6) is 0 Å². The first-order valence-electron chi connectivity index (χ1n) is 5.15. The van der Waals surface area contributed by atoms with E-state index in [0.717, 1.165) is 28.0 Å². The third-order valence-electron chi connectivity index (χ3n) is 2.76. The van der Waals surface area contributed by atoms with Gasteiger partial charge in [-0.2, -0.15) is 0 Å². The van der Waals surface area contributed by atoms with E-state index in [0.29, 0.717) is 0 Å². The molecule has 0 saturated heterocycles. The number of hydrogen-bond acceptors (Lipinski definition) is 3. The van der Waals surface area contributed by atoms with Crippen molar-refractivity contribution in [1.82, 2.24) is 10.2 Å². The van der Waals surface area contributed by atoms with Crippen LogP contribution in [-0.4, -0.2) is 31.1 Å². The molecule has 0 aliphatic heterocycles. The summed E-state index contributed by atoms with van der Waals surface area (Å²) >= 11 is 6.72. The second kappa shape index (κ2) is 5.67. The molecule has 16 heavy (non-hydrogen) atoms. The van der Waals surface area contributed by atoms with Crippen LogP contribution in [0.4, 0.5) is 0 Å². The smallest absolute Gasteiger partial charge is 0.183 e. The van der Waals surface area contributed by atoms with E-state index in [-0.39, 0.29) is 5.54 Å². The molecule has 0 aliphatic carbocycles. The summed E-state index contributed by atoms with van der Waals surface area (Å²) in [4.78, 5) is 2.20. The first-order valence-corrected chi connectivity index (χ1v) is 6.73. The van der Waals surface area contributed by atoms with Gasteiger partial charge >= 0.3 is 0 Å². The summed E-state index contributed by atoms with van der Waals surface area (Å²) in [5.41, 5.74) is 0.140. The van der Waals surface area contributed by atoms with Crippen LogP contribution in [0.2, 0.25) is 0 Å². The van der Waals surface area contributed by atoms with Gasteiger partial charge in [0.2, 0.25) is 0 Å². The lowest BCUT2D eigenvalue weighted by atomic mass is 10.0. The molecule has 0 aromatic carbocycles. The van der Waals surface area contributed by atoms with Crippen LogP contribution in [-0.2, 0) is 6.54 Å². The van der Waals surface area contributed by atoms with Crippen LogP contribution >= 0.6 is 31.9 Å². The zero-order valence-corrected chi connectivity index (χ0v) is 13.3. The highest BCUT2D eigenvalue weighted by atomic mass is 79.9. The van der Waals surface area contributed by atoms with E-state index >= 15 is 0 Å². The SMILES string of the molecule is CN(C)C(C)(C)CNCc1cc(Br)c(Br)o1. The van der Waals surface area contributed by atoms with Gasteiger partial charge in [0.1, 0.15) is 5.76 Å². The maximum atomic E-state index is 5.48. The van der Waals surface area contributed by atoms with Gasteiger partial charge < -0.3 is 14.6 Å². The van der Waals surface area contributed by atoms with Gasteiger partial charge in [0, 0.05) is 12.1 Å². The average molecular weight is 354 g/mol. The van der Waals surface area contributed by atoms with E-state index in [1.165, 1.54) is 0 Å². The summed E-state index contributed by atoms with van der Waals surface area (Å²) in [5.74, 6) is 0.924. The number of nitrogens with zero attached hydrogens (tertiary/aromatic N) is 1. The zero-order chi connectivity index (χ0) is 12.3. The molecule has 3 nitrogen and oxygen atoms in total. The fourth-order valence-electron chi connectivity index (χ4n) is 1.13. The molecule has 5 heteroatoms. The predicted molar refractivity (Wildman–Crippen MR) is 73.6 cm³/mol. The van der Waals surface area contributed by atoms with E-state index in [9.17, 15) is 0 Å². The van der Waals surface area contributed by atoms with Gasteiger partial charge in [-0.15, -0.1) is 0 Å². The van der Waals surface area contributed by atoms with Crippen LogP contribution in [0, 0.1) is 0 Å². The number of furan rings is 1. The molecule has 0 amide bonds. The van der Waals surface area contributed by atoms with Crippen molar-refractivity contribution >= 4 is 31.9 Å². The molecule has 0 radical (unpaired) electrons. The molecule has 0 fully saturated rings. The molecule has 0 saturated carbocycles. The van der Waals surface area contributed by atoms with Gasteiger partial charge in [0.25, 0.3) is 0 Å². The molecule has 0 unspecified atom stereocenters. The normalized spacial score (nSPS) is 12.4. The van der Waals surface area contributed by atoms with Crippen LogP contribution in [0.15, 0.2) is 19.6 Å². The Morgan fingerprint density at radius 3 is 2.44 bits per heavy atom. The molecular formula is C11H18Br2N2O. The van der Waals surface area contributed by atoms with E-state index in [1.807, 2.05) is 6.07 Å². The molecule has 1 rings (SSSR count). The van der Waals surface area contributed by atoms with Crippen molar-refractivity contribution < 1.29 is 4.42 Å². The number of hydrogen-bond donors (Lipinski definition) is 1. The second-order valence-electron chi connectivity index (χ2n) is 4.64. The molecule has 0 aliphatic rings. The van der Waals surface area contributed by atoms with Crippen LogP contribution in [0.25, 0.3) is 0 Å². The summed E-state index contributed by atoms with van der Waals surface area (Å²) in [7, 11) is 4.17. The van der Waals surface area contributed by atoms with Crippen LogP contribution in [0.1, 0.15) is 19.6 Å². The Bertz CT molecular complexity index is 328. The molecule has 1 aromatic rings. The van der Waals surface area contributed by atoms with E-state index in [4.69, 9.17) is 4.42 Å². The first kappa shape index (κ1) is 14.2. The van der Waals surface area contributed by atoms with Gasteiger partial charge in [0.05, 0.1) is 11.0 Å². The lowest BCUT2D eigenvalue weighted by molar-refractivity contribution is 0.188. The van der Waals surface area contributed by atoms with Crippen molar-refractivity contribution in [3.05, 3.63) is 21.0 Å². The summed E-state index contributed by atoms with van der Waals surface area (Å²) in [6.45, 7) is 6.05. The minimum atomic E-state index is 0.140. The average Bonchev–Trinajstić information content (AvgIpc) is 2.45. The van der Waals surface area contributed by atoms with Crippen molar-refractivity contribution in [3.8, 4) is 0 Å². The quantitative estimate of drug-likeness (QED) is 0.880. The molecule has 0 atom stereocenters. The molecule has 1 heterocycles. The van der Waals surface area contributed by atoms with Crippen molar-refractivity contribution in [2.45, 2.75) is 25.9 Å². The monoisotopic (exact) mass is 352 g/mol. The molecular weight excluding hydrogens is 336 g/mol. The minimum absolute atomic E-state index is 0.140. The summed E-state index contributed by atoms with van der Waals surface area (Å²) < 4.78 is 7.18. The maximum absolute atomic E-state index is 5.48. The van der Waals surface area contributed by atoms with Crippen molar-refractivity contribution in [1.29, 1.82) is 0 Å². The van der Waals surface area contributed by atoms with E-state index < -0.39 is 0 Å². The first-order chi connectivity index (χ1) is 7.33. The topological polar surface area (TPSA) is 28.4 Å². The summed E-state index contributed by atoms with van der Waals surface area (Å²) in [6, 6.07) is 1.97. The van der Waals surface area contributed by atoms with E-state index in [2.05, 4.69) is 70.0 Å². The number of nitrogens with one attached hydrogen (secondary N) is 1. The fraction of sp³-hybridized carbons (Fsp3) is 0.636. The van der Waals surface area contributed by atoms with Crippen LogP contribution in [0.3, 0.4) is 0 Å². The van der Waals surface area contributed by atoms with Gasteiger partial charge in [-0.25, -0.2) is 0 Å². The van der Waals surface area contributed by atoms with Crippen molar-refractivity contribution in [2.24, 2.45) is 0 Å². The highest BCUT2D eigenvalue weighted by Gasteiger charge is 2.19. The molecule has 92 valence electrons. The van der Waals surface area contributed by atoms with E-state index in [1.54, 1.807) is 0 Å². The van der Waals surface area contributed by atoms with Crippen molar-refractivity contribution in [3.63, 3.8) is 0 Å². The number of rotatable bonds is 5. The third-order valence-corrected chi connectivity index (χ3v) is 4.47. The lowest BCUT2D eigenvalue weighted by Gasteiger charge is -2.32. The molecule has 0 spiro atoms. The predicted octanol–water partition coefficient (Wildman–Crippen LogP) is 3.23. The molecule has 1 N–H and O–H groups in total. The highest BCUT2D eigenvalue weighted by Crippen LogP contribution is 2.26. The van der Waals surface area contributed by atoms with Gasteiger partial charge in [0.15, 0.2) is 4.67 Å². The Hall–Kier alpha value is 0.160. The Balaban J connectivity index is 2.41. The van der Waals surface area contributed by atoms with Gasteiger partial charge in [-0.05, 0) is 65.9 Å². The fourth-order valence-corrected chi connectivity index (χ4v) is 1.79. The zero-order valence-electron chi connectivity index (χ0n) is 10.1. The summed E-state index contributed by atoms with van der Waals surface area (Å²) in [6.07, 6.45) is 0. The standard InChI is InChI=1S/C11H18Br2N2O/c1-11(2,15(3)4)7-14-6-8-5-9(12)10(13)16-8/h5,14H,6-7H2,1-4H3. The molecule has 0 bridgehead atoms. The van der Waals surface area contributed by atoms with Gasteiger partial charge in [-0.3, -0.25) is 0 Å². The van der Waals surface area contributed by atoms with Crippen molar-refractivity contribution in [2.75, 3.05) is 20.6 Å². The highest BCUT2D eigenvalue weighted by molar-refractivity contribution is 9.13. The lowest BCUT2D eigenvalue weighted by Crippen LogP contribution is -2.46.